The lowest BCUT2D eigenvalue weighted by atomic mass is 9.97. The highest BCUT2D eigenvalue weighted by Gasteiger charge is 2.18. The number of carbonyl (C=O) groups is 1. The average molecular weight is 272 g/mol. The van der Waals surface area contributed by atoms with E-state index in [9.17, 15) is 20.1 Å². The fourth-order valence-electron chi connectivity index (χ4n) is 1.93. The first-order chi connectivity index (χ1) is 9.41. The van der Waals surface area contributed by atoms with Gasteiger partial charge in [-0.15, -0.1) is 0 Å². The molecule has 0 aliphatic heterocycles. The van der Waals surface area contributed by atoms with Crippen LogP contribution in [-0.2, 0) is 0 Å². The third kappa shape index (κ3) is 2.45. The molecular weight excluding hydrogens is 256 g/mol. The monoisotopic (exact) mass is 272 g/mol. The van der Waals surface area contributed by atoms with Crippen molar-refractivity contribution in [2.24, 2.45) is 0 Å². The first kappa shape index (κ1) is 13.9. The van der Waals surface area contributed by atoms with E-state index >= 15 is 0 Å². The molecule has 104 valence electrons. The Hall–Kier alpha value is -2.49. The van der Waals surface area contributed by atoms with Gasteiger partial charge in [-0.25, -0.2) is 0 Å². The maximum atomic E-state index is 12.3. The van der Waals surface area contributed by atoms with Crippen molar-refractivity contribution in [1.82, 2.24) is 0 Å². The average Bonchev–Trinajstić information content (AvgIpc) is 2.44. The summed E-state index contributed by atoms with van der Waals surface area (Å²) in [6.45, 7) is 4.11. The van der Waals surface area contributed by atoms with Crippen molar-refractivity contribution in [3.05, 3.63) is 53.1 Å². The Labute approximate surface area is 116 Å². The minimum Gasteiger partial charge on any atom is -0.504 e. The Morgan fingerprint density at radius 1 is 0.900 bits per heavy atom. The van der Waals surface area contributed by atoms with E-state index in [2.05, 4.69) is 13.8 Å². The van der Waals surface area contributed by atoms with Crippen molar-refractivity contribution >= 4 is 5.78 Å². The molecule has 0 spiro atoms. The zero-order valence-electron chi connectivity index (χ0n) is 11.3. The molecule has 3 N–H and O–H groups in total. The molecule has 0 aliphatic rings. The standard InChI is InChI=1S/C16H16O4/c1-9(2)10-3-5-11(6-4-10)14(18)12-7-8-13(17)16(20)15(12)19/h3-9,17,19-20H,1-2H3. The summed E-state index contributed by atoms with van der Waals surface area (Å²) >= 11 is 0. The molecule has 0 saturated carbocycles. The molecule has 4 heteroatoms. The predicted molar refractivity (Wildman–Crippen MR) is 75.4 cm³/mol. The van der Waals surface area contributed by atoms with Crippen LogP contribution < -0.4 is 0 Å². The summed E-state index contributed by atoms with van der Waals surface area (Å²) in [5.41, 5.74) is 1.48. The molecule has 2 aromatic carbocycles. The number of rotatable bonds is 3. The van der Waals surface area contributed by atoms with E-state index in [-0.39, 0.29) is 5.56 Å². The summed E-state index contributed by atoms with van der Waals surface area (Å²) in [5, 5.41) is 28.4. The first-order valence-corrected chi connectivity index (χ1v) is 6.30. The van der Waals surface area contributed by atoms with Gasteiger partial charge in [0.25, 0.3) is 0 Å². The maximum absolute atomic E-state index is 12.3. The van der Waals surface area contributed by atoms with Crippen LogP contribution in [0.15, 0.2) is 36.4 Å². The van der Waals surface area contributed by atoms with E-state index in [4.69, 9.17) is 0 Å². The Kier molecular flexibility index (Phi) is 3.66. The minimum absolute atomic E-state index is 0.0439. The quantitative estimate of drug-likeness (QED) is 0.592. The smallest absolute Gasteiger partial charge is 0.201 e. The van der Waals surface area contributed by atoms with Crippen molar-refractivity contribution in [3.8, 4) is 17.2 Å². The van der Waals surface area contributed by atoms with Crippen LogP contribution in [0.4, 0.5) is 0 Å². The van der Waals surface area contributed by atoms with Gasteiger partial charge >= 0.3 is 0 Å². The van der Waals surface area contributed by atoms with Gasteiger partial charge in [0.2, 0.25) is 5.75 Å². The Morgan fingerprint density at radius 2 is 1.50 bits per heavy atom. The summed E-state index contributed by atoms with van der Waals surface area (Å²) < 4.78 is 0. The number of hydrogen-bond donors (Lipinski definition) is 3. The third-order valence-corrected chi connectivity index (χ3v) is 3.21. The molecule has 0 aromatic heterocycles. The zero-order chi connectivity index (χ0) is 14.9. The predicted octanol–water partition coefficient (Wildman–Crippen LogP) is 3.16. The lowest BCUT2D eigenvalue weighted by molar-refractivity contribution is 0.103. The maximum Gasteiger partial charge on any atom is 0.201 e. The SMILES string of the molecule is CC(C)c1ccc(C(=O)c2ccc(O)c(O)c2O)cc1. The summed E-state index contributed by atoms with van der Waals surface area (Å²) in [6.07, 6.45) is 0. The van der Waals surface area contributed by atoms with Crippen molar-refractivity contribution in [3.63, 3.8) is 0 Å². The van der Waals surface area contributed by atoms with Crippen LogP contribution in [0.2, 0.25) is 0 Å². The zero-order valence-corrected chi connectivity index (χ0v) is 11.3. The van der Waals surface area contributed by atoms with Gasteiger partial charge in [-0.3, -0.25) is 4.79 Å². The van der Waals surface area contributed by atoms with Crippen LogP contribution in [0.3, 0.4) is 0 Å². The Balaban J connectivity index is 2.39. The van der Waals surface area contributed by atoms with E-state index < -0.39 is 23.0 Å². The van der Waals surface area contributed by atoms with Gasteiger partial charge in [-0.05, 0) is 23.6 Å². The van der Waals surface area contributed by atoms with Gasteiger partial charge in [0.15, 0.2) is 17.3 Å². The molecule has 0 amide bonds. The van der Waals surface area contributed by atoms with Crippen molar-refractivity contribution < 1.29 is 20.1 Å². The second kappa shape index (κ2) is 5.25. The molecule has 0 unspecified atom stereocenters. The van der Waals surface area contributed by atoms with E-state index in [0.717, 1.165) is 5.56 Å². The van der Waals surface area contributed by atoms with Gasteiger partial charge in [-0.2, -0.15) is 0 Å². The lowest BCUT2D eigenvalue weighted by Crippen LogP contribution is -2.02. The highest BCUT2D eigenvalue weighted by Crippen LogP contribution is 2.37. The topological polar surface area (TPSA) is 77.8 Å². The number of carbonyl (C=O) groups excluding carboxylic acids is 1. The van der Waals surface area contributed by atoms with Gasteiger partial charge in [0, 0.05) is 5.56 Å². The summed E-state index contributed by atoms with van der Waals surface area (Å²) in [5.74, 6) is -1.80. The van der Waals surface area contributed by atoms with Crippen LogP contribution >= 0.6 is 0 Å². The fraction of sp³-hybridized carbons (Fsp3) is 0.188. The molecule has 0 saturated heterocycles. The van der Waals surface area contributed by atoms with Crippen molar-refractivity contribution in [2.45, 2.75) is 19.8 Å². The van der Waals surface area contributed by atoms with Crippen LogP contribution in [-0.4, -0.2) is 21.1 Å². The highest BCUT2D eigenvalue weighted by atomic mass is 16.3. The summed E-state index contributed by atoms with van der Waals surface area (Å²) in [7, 11) is 0. The van der Waals surface area contributed by atoms with E-state index in [1.807, 2.05) is 12.1 Å². The lowest BCUT2D eigenvalue weighted by Gasteiger charge is -2.09. The van der Waals surface area contributed by atoms with Crippen molar-refractivity contribution in [1.29, 1.82) is 0 Å². The number of phenolic OH excluding ortho intramolecular Hbond substituents is 3. The molecule has 20 heavy (non-hydrogen) atoms. The number of ketones is 1. The highest BCUT2D eigenvalue weighted by molar-refractivity contribution is 6.11. The van der Waals surface area contributed by atoms with Gasteiger partial charge in [-0.1, -0.05) is 38.1 Å². The molecular formula is C16H16O4. The van der Waals surface area contributed by atoms with Crippen LogP contribution in [0.25, 0.3) is 0 Å². The molecule has 0 atom stereocenters. The van der Waals surface area contributed by atoms with Crippen molar-refractivity contribution in [2.75, 3.05) is 0 Å². The molecule has 0 fully saturated rings. The number of hydrogen-bond acceptors (Lipinski definition) is 4. The van der Waals surface area contributed by atoms with Crippen LogP contribution in [0.5, 0.6) is 17.2 Å². The third-order valence-electron chi connectivity index (χ3n) is 3.21. The first-order valence-electron chi connectivity index (χ1n) is 6.30. The summed E-state index contributed by atoms with van der Waals surface area (Å²) in [4.78, 5) is 12.3. The molecule has 2 aromatic rings. The van der Waals surface area contributed by atoms with Gasteiger partial charge in [0.05, 0.1) is 5.56 Å². The van der Waals surface area contributed by atoms with Crippen LogP contribution in [0.1, 0.15) is 41.3 Å². The van der Waals surface area contributed by atoms with E-state index in [1.165, 1.54) is 12.1 Å². The molecule has 4 nitrogen and oxygen atoms in total. The molecule has 0 heterocycles. The Morgan fingerprint density at radius 3 is 2.05 bits per heavy atom. The number of aromatic hydroxyl groups is 3. The number of phenols is 3. The van der Waals surface area contributed by atoms with Gasteiger partial charge < -0.3 is 15.3 Å². The second-order valence-electron chi connectivity index (χ2n) is 4.94. The van der Waals surface area contributed by atoms with Crippen LogP contribution in [0, 0.1) is 0 Å². The minimum atomic E-state index is -0.686. The summed E-state index contributed by atoms with van der Waals surface area (Å²) in [6, 6.07) is 9.53. The fourth-order valence-corrected chi connectivity index (χ4v) is 1.93. The van der Waals surface area contributed by atoms with E-state index in [1.54, 1.807) is 12.1 Å². The molecule has 2 rings (SSSR count). The van der Waals surface area contributed by atoms with Gasteiger partial charge in [0.1, 0.15) is 0 Å². The second-order valence-corrected chi connectivity index (χ2v) is 4.94. The largest absolute Gasteiger partial charge is 0.504 e. The molecule has 0 bridgehead atoms. The molecule has 0 aliphatic carbocycles. The Bertz CT molecular complexity index is 642. The number of benzene rings is 2. The van der Waals surface area contributed by atoms with E-state index in [0.29, 0.717) is 11.5 Å². The normalized spacial score (nSPS) is 10.8. The molecule has 0 radical (unpaired) electrons.